The van der Waals surface area contributed by atoms with Gasteiger partial charge in [0.2, 0.25) is 0 Å². The monoisotopic (exact) mass is 347 g/mol. The van der Waals surface area contributed by atoms with Crippen molar-refractivity contribution in [2.75, 3.05) is 5.32 Å². The molecule has 0 spiro atoms. The largest absolute Gasteiger partial charge is 0.573 e. The van der Waals surface area contributed by atoms with E-state index in [1.54, 1.807) is 30.3 Å². The second-order valence-corrected chi connectivity index (χ2v) is 5.04. The van der Waals surface area contributed by atoms with E-state index in [2.05, 4.69) is 20.0 Å². The van der Waals surface area contributed by atoms with E-state index in [4.69, 9.17) is 0 Å². The molecule has 0 unspecified atom stereocenters. The number of ether oxygens (including phenoxy) is 1. The highest BCUT2D eigenvalue weighted by molar-refractivity contribution is 5.66. The molecule has 0 fully saturated rings. The zero-order valence-corrected chi connectivity index (χ0v) is 12.7. The number of hydrogen-bond acceptors (Lipinski definition) is 5. The predicted octanol–water partition coefficient (Wildman–Crippen LogP) is 4.49. The number of aromatic nitrogens is 2. The van der Waals surface area contributed by atoms with Crippen LogP contribution in [0.25, 0.3) is 11.3 Å². The van der Waals surface area contributed by atoms with E-state index >= 15 is 0 Å². The fourth-order valence-corrected chi connectivity index (χ4v) is 2.14. The highest BCUT2D eigenvalue weighted by Gasteiger charge is 2.30. The van der Waals surface area contributed by atoms with E-state index in [9.17, 15) is 18.3 Å². The molecule has 1 aromatic heterocycles. The van der Waals surface area contributed by atoms with Crippen LogP contribution < -0.4 is 10.1 Å². The predicted molar refractivity (Wildman–Crippen MR) is 85.5 cm³/mol. The fourth-order valence-electron chi connectivity index (χ4n) is 2.14. The van der Waals surface area contributed by atoms with Crippen LogP contribution in [0.5, 0.6) is 11.5 Å². The number of phenolic OH excluding ortho intramolecular Hbond substituents is 1. The third-order valence-electron chi connectivity index (χ3n) is 3.17. The zero-order valence-electron chi connectivity index (χ0n) is 12.7. The summed E-state index contributed by atoms with van der Waals surface area (Å²) in [5.74, 6) is 0.268. The molecular formula is C17H12F3N3O2. The third kappa shape index (κ3) is 4.60. The van der Waals surface area contributed by atoms with Gasteiger partial charge in [-0.3, -0.25) is 0 Å². The lowest BCUT2D eigenvalue weighted by Gasteiger charge is -2.10. The first kappa shape index (κ1) is 16.6. The molecule has 0 saturated carbocycles. The lowest BCUT2D eigenvalue weighted by atomic mass is 10.1. The Morgan fingerprint density at radius 3 is 2.40 bits per heavy atom. The fraction of sp³-hybridized carbons (Fsp3) is 0.0588. The van der Waals surface area contributed by atoms with Gasteiger partial charge in [-0.15, -0.1) is 13.2 Å². The number of anilines is 2. The molecule has 0 aliphatic carbocycles. The van der Waals surface area contributed by atoms with E-state index in [1.807, 2.05) is 0 Å². The Kier molecular flexibility index (Phi) is 4.42. The molecule has 8 heteroatoms. The maximum Gasteiger partial charge on any atom is 0.573 e. The molecule has 3 rings (SSSR count). The van der Waals surface area contributed by atoms with Crippen molar-refractivity contribution in [2.45, 2.75) is 6.36 Å². The summed E-state index contributed by atoms with van der Waals surface area (Å²) in [6, 6.07) is 13.5. The number of alkyl halides is 3. The molecule has 0 amide bonds. The Balaban J connectivity index is 1.76. The van der Waals surface area contributed by atoms with Crippen molar-refractivity contribution in [3.63, 3.8) is 0 Å². The van der Waals surface area contributed by atoms with Gasteiger partial charge in [-0.25, -0.2) is 9.97 Å². The lowest BCUT2D eigenvalue weighted by Crippen LogP contribution is -2.16. The summed E-state index contributed by atoms with van der Waals surface area (Å²) in [5.41, 5.74) is 1.83. The molecule has 2 N–H and O–H groups in total. The number of nitrogens with zero attached hydrogens (tertiary/aromatic N) is 2. The normalized spacial score (nSPS) is 11.2. The third-order valence-corrected chi connectivity index (χ3v) is 3.17. The summed E-state index contributed by atoms with van der Waals surface area (Å²) in [6.45, 7) is 0. The smallest absolute Gasteiger partial charge is 0.508 e. The molecule has 0 aliphatic heterocycles. The number of hydrogen-bond donors (Lipinski definition) is 2. The van der Waals surface area contributed by atoms with Gasteiger partial charge < -0.3 is 15.2 Å². The van der Waals surface area contributed by atoms with Gasteiger partial charge in [0.1, 0.15) is 23.6 Å². The number of nitrogens with one attached hydrogen (secondary N) is 1. The van der Waals surface area contributed by atoms with Crippen LogP contribution in [0.15, 0.2) is 60.9 Å². The summed E-state index contributed by atoms with van der Waals surface area (Å²) in [6.07, 6.45) is -3.37. The maximum absolute atomic E-state index is 12.2. The van der Waals surface area contributed by atoms with Crippen LogP contribution in [-0.2, 0) is 0 Å². The Bertz CT molecular complexity index is 868. The molecule has 0 aliphatic rings. The first-order chi connectivity index (χ1) is 11.9. The molecule has 5 nitrogen and oxygen atoms in total. The van der Waals surface area contributed by atoms with Gasteiger partial charge in [0.15, 0.2) is 0 Å². The first-order valence-electron chi connectivity index (χ1n) is 7.13. The number of phenols is 1. The summed E-state index contributed by atoms with van der Waals surface area (Å²) >= 11 is 0. The highest BCUT2D eigenvalue weighted by Crippen LogP contribution is 2.26. The molecule has 3 aromatic rings. The van der Waals surface area contributed by atoms with Crippen molar-refractivity contribution in [1.82, 2.24) is 9.97 Å². The van der Waals surface area contributed by atoms with Crippen molar-refractivity contribution in [1.29, 1.82) is 0 Å². The summed E-state index contributed by atoms with van der Waals surface area (Å²) < 4.78 is 40.3. The van der Waals surface area contributed by atoms with E-state index in [0.29, 0.717) is 22.8 Å². The van der Waals surface area contributed by atoms with Crippen LogP contribution in [0.2, 0.25) is 0 Å². The highest BCUT2D eigenvalue weighted by atomic mass is 19.4. The molecule has 0 bridgehead atoms. The van der Waals surface area contributed by atoms with Gasteiger partial charge >= 0.3 is 6.36 Å². The second kappa shape index (κ2) is 6.68. The Hall–Kier alpha value is -3.29. The molecule has 0 saturated heterocycles. The van der Waals surface area contributed by atoms with E-state index in [-0.39, 0.29) is 11.5 Å². The van der Waals surface area contributed by atoms with Crippen LogP contribution in [-0.4, -0.2) is 21.4 Å². The van der Waals surface area contributed by atoms with Crippen LogP contribution in [0, 0.1) is 0 Å². The Morgan fingerprint density at radius 2 is 1.72 bits per heavy atom. The first-order valence-corrected chi connectivity index (χ1v) is 7.13. The lowest BCUT2D eigenvalue weighted by molar-refractivity contribution is -0.274. The molecule has 25 heavy (non-hydrogen) atoms. The minimum absolute atomic E-state index is 0.117. The van der Waals surface area contributed by atoms with Crippen LogP contribution in [0.3, 0.4) is 0 Å². The molecule has 128 valence electrons. The van der Waals surface area contributed by atoms with E-state index in [1.165, 1.54) is 30.6 Å². The summed E-state index contributed by atoms with van der Waals surface area (Å²) in [5, 5.41) is 12.5. The number of aromatic hydroxyl groups is 1. The van der Waals surface area contributed by atoms with Gasteiger partial charge in [0, 0.05) is 17.3 Å². The van der Waals surface area contributed by atoms with Crippen LogP contribution in [0.4, 0.5) is 24.7 Å². The van der Waals surface area contributed by atoms with E-state index in [0.717, 1.165) is 0 Å². The summed E-state index contributed by atoms with van der Waals surface area (Å²) in [7, 11) is 0. The number of benzene rings is 2. The SMILES string of the molecule is Oc1cccc(-c2cc(Nc3ccc(OC(F)(F)F)cc3)ncn2)c1. The van der Waals surface area contributed by atoms with Crippen LogP contribution in [0.1, 0.15) is 0 Å². The van der Waals surface area contributed by atoms with Crippen molar-refractivity contribution >= 4 is 11.5 Å². The minimum atomic E-state index is -4.72. The number of halogens is 3. The zero-order chi connectivity index (χ0) is 17.9. The topological polar surface area (TPSA) is 67.3 Å². The van der Waals surface area contributed by atoms with Crippen molar-refractivity contribution in [2.24, 2.45) is 0 Å². The maximum atomic E-state index is 12.2. The Morgan fingerprint density at radius 1 is 0.960 bits per heavy atom. The second-order valence-electron chi connectivity index (χ2n) is 5.04. The standard InChI is InChI=1S/C17H12F3N3O2/c18-17(19,20)25-14-6-4-12(5-7-14)23-16-9-15(21-10-22-16)11-2-1-3-13(24)8-11/h1-10,24H,(H,21,22,23). The van der Waals surface area contributed by atoms with Gasteiger partial charge in [-0.2, -0.15) is 0 Å². The average molecular weight is 347 g/mol. The molecular weight excluding hydrogens is 335 g/mol. The van der Waals surface area contributed by atoms with Gasteiger partial charge in [0.25, 0.3) is 0 Å². The number of rotatable bonds is 4. The van der Waals surface area contributed by atoms with Crippen molar-refractivity contribution < 1.29 is 23.0 Å². The quantitative estimate of drug-likeness (QED) is 0.728. The van der Waals surface area contributed by atoms with Crippen molar-refractivity contribution in [3.05, 3.63) is 60.9 Å². The molecule has 0 radical (unpaired) electrons. The van der Waals surface area contributed by atoms with Crippen LogP contribution >= 0.6 is 0 Å². The molecule has 0 atom stereocenters. The van der Waals surface area contributed by atoms with Gasteiger partial charge in [0.05, 0.1) is 5.69 Å². The Labute approximate surface area is 140 Å². The average Bonchev–Trinajstić information content (AvgIpc) is 2.56. The van der Waals surface area contributed by atoms with Gasteiger partial charge in [-0.05, 0) is 36.4 Å². The van der Waals surface area contributed by atoms with Crippen molar-refractivity contribution in [3.8, 4) is 22.8 Å². The minimum Gasteiger partial charge on any atom is -0.508 e. The molecule has 1 heterocycles. The molecule has 2 aromatic carbocycles. The summed E-state index contributed by atoms with van der Waals surface area (Å²) in [4.78, 5) is 8.21. The van der Waals surface area contributed by atoms with Gasteiger partial charge in [-0.1, -0.05) is 12.1 Å². The van der Waals surface area contributed by atoms with E-state index < -0.39 is 6.36 Å².